The zero-order chi connectivity index (χ0) is 21.1. The molecule has 0 aliphatic rings. The highest BCUT2D eigenvalue weighted by atomic mass is 16.3. The van der Waals surface area contributed by atoms with Gasteiger partial charge in [0.1, 0.15) is 11.5 Å². The van der Waals surface area contributed by atoms with Crippen LogP contribution in [-0.4, -0.2) is 41.2 Å². The molecule has 2 aromatic rings. The fourth-order valence-electron chi connectivity index (χ4n) is 3.29. The first-order valence-electron chi connectivity index (χ1n) is 10.7. The third kappa shape index (κ3) is 7.76. The summed E-state index contributed by atoms with van der Waals surface area (Å²) in [7, 11) is 0. The predicted molar refractivity (Wildman–Crippen MR) is 115 cm³/mol. The van der Waals surface area contributed by atoms with Gasteiger partial charge in [-0.05, 0) is 37.5 Å². The van der Waals surface area contributed by atoms with E-state index < -0.39 is 0 Å². The fourth-order valence-corrected chi connectivity index (χ4v) is 3.29. The van der Waals surface area contributed by atoms with Crippen LogP contribution in [0.3, 0.4) is 0 Å². The van der Waals surface area contributed by atoms with Gasteiger partial charge in [0.2, 0.25) is 11.8 Å². The van der Waals surface area contributed by atoms with Crippen LogP contribution in [0.15, 0.2) is 46.9 Å². The van der Waals surface area contributed by atoms with Crippen molar-refractivity contribution in [3.8, 4) is 0 Å². The maximum atomic E-state index is 13.1. The van der Waals surface area contributed by atoms with Gasteiger partial charge >= 0.3 is 0 Å². The van der Waals surface area contributed by atoms with Crippen LogP contribution in [-0.2, 0) is 22.6 Å². The number of hydrogen-bond donors (Lipinski definition) is 0. The summed E-state index contributed by atoms with van der Waals surface area (Å²) in [5.41, 5.74) is 1.19. The quantitative estimate of drug-likeness (QED) is 0.492. The van der Waals surface area contributed by atoms with Crippen LogP contribution in [0.25, 0.3) is 0 Å². The Hall–Kier alpha value is -2.56. The van der Waals surface area contributed by atoms with E-state index in [1.165, 1.54) is 5.56 Å². The number of rotatable bonds is 12. The fraction of sp³-hybridized carbons (Fsp3) is 0.500. The SMILES string of the molecule is CCCCCN(CC(=O)N(CCc1ccccc1)Cc1ccc(C)o1)C(=O)CC. The van der Waals surface area contributed by atoms with Crippen LogP contribution in [0.4, 0.5) is 0 Å². The zero-order valence-corrected chi connectivity index (χ0v) is 18.0. The van der Waals surface area contributed by atoms with Crippen molar-refractivity contribution in [3.63, 3.8) is 0 Å². The van der Waals surface area contributed by atoms with Crippen molar-refractivity contribution < 1.29 is 14.0 Å². The molecule has 5 heteroatoms. The first-order chi connectivity index (χ1) is 14.0. The molecular formula is C24H34N2O3. The monoisotopic (exact) mass is 398 g/mol. The maximum absolute atomic E-state index is 13.1. The Labute approximate surface area is 174 Å². The Bertz CT molecular complexity index is 754. The van der Waals surface area contributed by atoms with E-state index in [9.17, 15) is 9.59 Å². The second-order valence-corrected chi connectivity index (χ2v) is 7.44. The van der Waals surface area contributed by atoms with Crippen LogP contribution in [0.5, 0.6) is 0 Å². The van der Waals surface area contributed by atoms with Crippen LogP contribution in [0.1, 0.15) is 56.6 Å². The number of furan rings is 1. The minimum absolute atomic E-state index is 0.0336. The summed E-state index contributed by atoms with van der Waals surface area (Å²) in [6.45, 7) is 7.65. The van der Waals surface area contributed by atoms with Crippen LogP contribution in [0.2, 0.25) is 0 Å². The average molecular weight is 399 g/mol. The van der Waals surface area contributed by atoms with Gasteiger partial charge in [-0.3, -0.25) is 9.59 Å². The van der Waals surface area contributed by atoms with E-state index in [1.54, 1.807) is 9.80 Å². The molecule has 0 atom stereocenters. The molecule has 0 radical (unpaired) electrons. The van der Waals surface area contributed by atoms with E-state index >= 15 is 0 Å². The number of nitrogens with zero attached hydrogens (tertiary/aromatic N) is 2. The number of unbranched alkanes of at least 4 members (excludes halogenated alkanes) is 2. The van der Waals surface area contributed by atoms with Gasteiger partial charge in [0.05, 0.1) is 13.1 Å². The zero-order valence-electron chi connectivity index (χ0n) is 18.0. The Balaban J connectivity index is 2.07. The summed E-state index contributed by atoms with van der Waals surface area (Å²) >= 11 is 0. The predicted octanol–water partition coefficient (Wildman–Crippen LogP) is 4.59. The summed E-state index contributed by atoms with van der Waals surface area (Å²) in [4.78, 5) is 29.0. The Morgan fingerprint density at radius 2 is 1.66 bits per heavy atom. The van der Waals surface area contributed by atoms with Crippen LogP contribution < -0.4 is 0 Å². The van der Waals surface area contributed by atoms with E-state index in [-0.39, 0.29) is 18.4 Å². The van der Waals surface area contributed by atoms with Crippen molar-refractivity contribution in [2.45, 2.75) is 59.4 Å². The van der Waals surface area contributed by atoms with E-state index in [0.29, 0.717) is 26.1 Å². The Morgan fingerprint density at radius 3 is 2.28 bits per heavy atom. The minimum atomic E-state index is -0.0340. The first kappa shape index (κ1) is 22.7. The molecule has 2 amide bonds. The normalized spacial score (nSPS) is 10.7. The molecule has 1 aromatic carbocycles. The summed E-state index contributed by atoms with van der Waals surface area (Å²) in [6.07, 6.45) is 4.26. The minimum Gasteiger partial charge on any atom is -0.464 e. The Kier molecular flexibility index (Phi) is 9.48. The molecule has 0 bridgehead atoms. The molecular weight excluding hydrogens is 364 g/mol. The van der Waals surface area contributed by atoms with E-state index in [4.69, 9.17) is 4.42 Å². The number of carbonyl (C=O) groups excluding carboxylic acids is 2. The lowest BCUT2D eigenvalue weighted by atomic mass is 10.1. The van der Waals surface area contributed by atoms with Crippen molar-refractivity contribution in [2.24, 2.45) is 0 Å². The molecule has 2 rings (SSSR count). The average Bonchev–Trinajstić information content (AvgIpc) is 3.15. The molecule has 0 aliphatic heterocycles. The van der Waals surface area contributed by atoms with Gasteiger partial charge in [0.25, 0.3) is 0 Å². The van der Waals surface area contributed by atoms with E-state index in [0.717, 1.165) is 37.2 Å². The lowest BCUT2D eigenvalue weighted by Gasteiger charge is -2.27. The van der Waals surface area contributed by atoms with Crippen molar-refractivity contribution >= 4 is 11.8 Å². The highest BCUT2D eigenvalue weighted by Crippen LogP contribution is 2.12. The molecule has 0 fully saturated rings. The number of hydrogen-bond acceptors (Lipinski definition) is 3. The molecule has 0 aliphatic carbocycles. The Morgan fingerprint density at radius 1 is 0.897 bits per heavy atom. The highest BCUT2D eigenvalue weighted by Gasteiger charge is 2.21. The summed E-state index contributed by atoms with van der Waals surface area (Å²) < 4.78 is 5.69. The summed E-state index contributed by atoms with van der Waals surface area (Å²) in [5.74, 6) is 1.60. The third-order valence-electron chi connectivity index (χ3n) is 5.02. The number of amides is 2. The van der Waals surface area contributed by atoms with Crippen molar-refractivity contribution in [1.29, 1.82) is 0 Å². The van der Waals surface area contributed by atoms with Gasteiger partial charge in [-0.15, -0.1) is 0 Å². The van der Waals surface area contributed by atoms with Crippen molar-refractivity contribution in [3.05, 3.63) is 59.5 Å². The van der Waals surface area contributed by atoms with Gasteiger partial charge in [0.15, 0.2) is 0 Å². The van der Waals surface area contributed by atoms with E-state index in [2.05, 4.69) is 19.1 Å². The van der Waals surface area contributed by atoms with Crippen LogP contribution >= 0.6 is 0 Å². The third-order valence-corrected chi connectivity index (χ3v) is 5.02. The maximum Gasteiger partial charge on any atom is 0.242 e. The molecule has 0 spiro atoms. The molecule has 0 unspecified atom stereocenters. The van der Waals surface area contributed by atoms with Gasteiger partial charge < -0.3 is 14.2 Å². The number of aryl methyl sites for hydroxylation is 1. The van der Waals surface area contributed by atoms with E-state index in [1.807, 2.05) is 44.2 Å². The second kappa shape index (κ2) is 12.1. The van der Waals surface area contributed by atoms with Gasteiger partial charge in [-0.2, -0.15) is 0 Å². The first-order valence-corrected chi connectivity index (χ1v) is 10.7. The summed E-state index contributed by atoms with van der Waals surface area (Å²) in [5, 5.41) is 0. The standard InChI is InChI=1S/C24H34N2O3/c1-4-6-10-16-25(23(27)5-2)19-24(28)26(18-22-14-13-20(3)29-22)17-15-21-11-8-7-9-12-21/h7-9,11-14H,4-6,10,15-19H2,1-3H3. The molecule has 1 heterocycles. The smallest absolute Gasteiger partial charge is 0.242 e. The molecule has 0 N–H and O–H groups in total. The lowest BCUT2D eigenvalue weighted by molar-refractivity contribution is -0.141. The van der Waals surface area contributed by atoms with Crippen LogP contribution in [0, 0.1) is 6.92 Å². The molecule has 5 nitrogen and oxygen atoms in total. The molecule has 0 saturated heterocycles. The number of carbonyl (C=O) groups is 2. The molecule has 0 saturated carbocycles. The van der Waals surface area contributed by atoms with Gasteiger partial charge in [0, 0.05) is 19.5 Å². The van der Waals surface area contributed by atoms with Gasteiger partial charge in [-0.1, -0.05) is 57.0 Å². The molecule has 1 aromatic heterocycles. The topological polar surface area (TPSA) is 53.8 Å². The molecule has 29 heavy (non-hydrogen) atoms. The largest absolute Gasteiger partial charge is 0.464 e. The van der Waals surface area contributed by atoms with Gasteiger partial charge in [-0.25, -0.2) is 0 Å². The van der Waals surface area contributed by atoms with Crippen molar-refractivity contribution in [1.82, 2.24) is 9.80 Å². The second-order valence-electron chi connectivity index (χ2n) is 7.44. The van der Waals surface area contributed by atoms with Crippen molar-refractivity contribution in [2.75, 3.05) is 19.6 Å². The highest BCUT2D eigenvalue weighted by molar-refractivity contribution is 5.84. The number of benzene rings is 1. The summed E-state index contributed by atoms with van der Waals surface area (Å²) in [6, 6.07) is 14.0. The molecule has 158 valence electrons. The lowest BCUT2D eigenvalue weighted by Crippen LogP contribution is -2.43.